The van der Waals surface area contributed by atoms with Gasteiger partial charge in [-0.15, -0.1) is 0 Å². The van der Waals surface area contributed by atoms with Crippen LogP contribution < -0.4 is 0 Å². The van der Waals surface area contributed by atoms with E-state index < -0.39 is 0 Å². The molecular formula is C29H34FN3O. The molecule has 1 N–H and O–H groups in total. The monoisotopic (exact) mass is 459 g/mol. The fourth-order valence-corrected chi connectivity index (χ4v) is 6.94. The van der Waals surface area contributed by atoms with Gasteiger partial charge in [-0.2, -0.15) is 0 Å². The van der Waals surface area contributed by atoms with Crippen molar-refractivity contribution in [2.75, 3.05) is 20.6 Å². The molecule has 2 aromatic carbocycles. The molecule has 1 aliphatic heterocycles. The number of aromatic nitrogens is 1. The Morgan fingerprint density at radius 3 is 2.56 bits per heavy atom. The number of aromatic amines is 1. The number of hydrogen-bond acceptors (Lipinski definition) is 2. The zero-order chi connectivity index (χ0) is 23.4. The highest BCUT2D eigenvalue weighted by atomic mass is 19.1. The van der Waals surface area contributed by atoms with Gasteiger partial charge in [0.1, 0.15) is 5.82 Å². The van der Waals surface area contributed by atoms with Gasteiger partial charge < -0.3 is 14.8 Å². The number of H-pyrrole nitrogens is 1. The molecule has 4 nitrogen and oxygen atoms in total. The molecule has 3 aliphatic rings. The summed E-state index contributed by atoms with van der Waals surface area (Å²) in [5.74, 6) is 0.835. The summed E-state index contributed by atoms with van der Waals surface area (Å²) in [6.07, 6.45) is 6.94. The predicted octanol–water partition coefficient (Wildman–Crippen LogP) is 5.79. The molecule has 1 spiro atoms. The Morgan fingerprint density at radius 2 is 1.85 bits per heavy atom. The predicted molar refractivity (Wildman–Crippen MR) is 133 cm³/mol. The van der Waals surface area contributed by atoms with Crippen LogP contribution in [-0.2, 0) is 16.8 Å². The number of fused-ring (bicyclic) bond motifs is 4. The SMILES string of the molecule is CN(C)C(c1cccc(F)c1)C1CCC2(CC1)c1[nH]c3ccccc3c1CCN2C(=O)C1CC1. The second-order valence-corrected chi connectivity index (χ2v) is 10.9. The van der Waals surface area contributed by atoms with E-state index >= 15 is 0 Å². The summed E-state index contributed by atoms with van der Waals surface area (Å²) in [7, 11) is 4.19. The van der Waals surface area contributed by atoms with Gasteiger partial charge in [0.15, 0.2) is 0 Å². The summed E-state index contributed by atoms with van der Waals surface area (Å²) in [5.41, 5.74) is 4.66. The number of rotatable bonds is 4. The van der Waals surface area contributed by atoms with Crippen LogP contribution in [0.4, 0.5) is 4.39 Å². The second-order valence-electron chi connectivity index (χ2n) is 10.9. The van der Waals surface area contributed by atoms with Crippen LogP contribution in [0, 0.1) is 17.7 Å². The number of carbonyl (C=O) groups is 1. The quantitative estimate of drug-likeness (QED) is 0.536. The maximum Gasteiger partial charge on any atom is 0.226 e. The van der Waals surface area contributed by atoms with Crippen LogP contribution in [0.2, 0.25) is 0 Å². The van der Waals surface area contributed by atoms with Gasteiger partial charge in [0, 0.05) is 35.1 Å². The summed E-state index contributed by atoms with van der Waals surface area (Å²) in [6, 6.07) is 15.8. The third-order valence-electron chi connectivity index (χ3n) is 8.62. The van der Waals surface area contributed by atoms with Crippen LogP contribution in [0.25, 0.3) is 10.9 Å². The van der Waals surface area contributed by atoms with Crippen molar-refractivity contribution in [1.82, 2.24) is 14.8 Å². The first-order valence-electron chi connectivity index (χ1n) is 12.8. The van der Waals surface area contributed by atoms with Crippen molar-refractivity contribution in [3.05, 3.63) is 71.2 Å². The molecule has 5 heteroatoms. The molecule has 178 valence electrons. The van der Waals surface area contributed by atoms with Gasteiger partial charge in [0.05, 0.1) is 5.54 Å². The van der Waals surface area contributed by atoms with Gasteiger partial charge in [-0.3, -0.25) is 4.79 Å². The van der Waals surface area contributed by atoms with E-state index in [1.807, 2.05) is 6.07 Å². The number of carbonyl (C=O) groups excluding carboxylic acids is 1. The first-order chi connectivity index (χ1) is 16.5. The van der Waals surface area contributed by atoms with Crippen LogP contribution in [0.5, 0.6) is 0 Å². The molecule has 3 aromatic rings. The van der Waals surface area contributed by atoms with Crippen LogP contribution in [-0.4, -0.2) is 41.3 Å². The van der Waals surface area contributed by atoms with Crippen LogP contribution >= 0.6 is 0 Å². The molecule has 2 fully saturated rings. The van der Waals surface area contributed by atoms with E-state index in [2.05, 4.69) is 59.2 Å². The average Bonchev–Trinajstić information content (AvgIpc) is 3.61. The topological polar surface area (TPSA) is 39.3 Å². The van der Waals surface area contributed by atoms with Gasteiger partial charge >= 0.3 is 0 Å². The Kier molecular flexibility index (Phi) is 5.29. The fourth-order valence-electron chi connectivity index (χ4n) is 6.94. The molecule has 2 heterocycles. The average molecular weight is 460 g/mol. The molecule has 2 saturated carbocycles. The van der Waals surface area contributed by atoms with E-state index in [1.165, 1.54) is 28.2 Å². The minimum atomic E-state index is -0.248. The molecule has 1 unspecified atom stereocenters. The van der Waals surface area contributed by atoms with Crippen LogP contribution in [0.3, 0.4) is 0 Å². The Balaban J connectivity index is 1.36. The molecule has 2 aliphatic carbocycles. The lowest BCUT2D eigenvalue weighted by atomic mass is 9.68. The highest BCUT2D eigenvalue weighted by Crippen LogP contribution is 2.52. The maximum atomic E-state index is 14.1. The summed E-state index contributed by atoms with van der Waals surface area (Å²) in [4.78, 5) is 21.8. The lowest BCUT2D eigenvalue weighted by molar-refractivity contribution is -0.143. The number of hydrogen-bond donors (Lipinski definition) is 1. The number of benzene rings is 2. The highest BCUT2D eigenvalue weighted by molar-refractivity contribution is 5.87. The standard InChI is InChI=1S/C29H34FN3O/c1-32(2)26(21-6-5-7-22(30)18-21)19-12-15-29(16-13-19)27-24(23-8-3-4-9-25(23)31-27)14-17-33(29)28(34)20-10-11-20/h3-9,18-20,26,31H,10-17H2,1-2H3. The fraction of sp³-hybridized carbons (Fsp3) is 0.483. The lowest BCUT2D eigenvalue weighted by Crippen LogP contribution is -2.56. The number of halogens is 1. The van der Waals surface area contributed by atoms with Gasteiger partial charge in [-0.05, 0) is 94.3 Å². The third kappa shape index (κ3) is 3.48. The minimum Gasteiger partial charge on any atom is -0.356 e. The molecule has 34 heavy (non-hydrogen) atoms. The second kappa shape index (κ2) is 8.23. The largest absolute Gasteiger partial charge is 0.356 e. The molecule has 1 aromatic heterocycles. The van der Waals surface area contributed by atoms with Crippen molar-refractivity contribution < 1.29 is 9.18 Å². The van der Waals surface area contributed by atoms with Crippen molar-refractivity contribution in [2.24, 2.45) is 11.8 Å². The number of para-hydroxylation sites is 1. The number of nitrogens with one attached hydrogen (secondary N) is 1. The van der Waals surface area contributed by atoms with Crippen LogP contribution in [0.15, 0.2) is 48.5 Å². The first-order valence-corrected chi connectivity index (χ1v) is 12.8. The summed E-state index contributed by atoms with van der Waals surface area (Å²) in [6.45, 7) is 0.815. The zero-order valence-electron chi connectivity index (χ0n) is 20.2. The minimum absolute atomic E-state index is 0.173. The highest BCUT2D eigenvalue weighted by Gasteiger charge is 2.51. The number of amides is 1. The Bertz CT molecular complexity index is 1220. The maximum absolute atomic E-state index is 14.1. The van der Waals surface area contributed by atoms with E-state index in [0.29, 0.717) is 11.8 Å². The van der Waals surface area contributed by atoms with E-state index in [9.17, 15) is 9.18 Å². The Labute approximate surface area is 201 Å². The number of nitrogens with zero attached hydrogens (tertiary/aromatic N) is 2. The molecule has 1 atom stereocenters. The zero-order valence-corrected chi connectivity index (χ0v) is 20.2. The van der Waals surface area contributed by atoms with Gasteiger partial charge in [-0.1, -0.05) is 30.3 Å². The Hall–Kier alpha value is -2.66. The van der Waals surface area contributed by atoms with E-state index in [-0.39, 0.29) is 23.3 Å². The lowest BCUT2D eigenvalue weighted by Gasteiger charge is -2.52. The van der Waals surface area contributed by atoms with Crippen molar-refractivity contribution in [3.8, 4) is 0 Å². The molecular weight excluding hydrogens is 425 g/mol. The molecule has 1 amide bonds. The van der Waals surface area contributed by atoms with Crippen molar-refractivity contribution in [1.29, 1.82) is 0 Å². The molecule has 0 saturated heterocycles. The normalized spacial score (nSPS) is 25.6. The third-order valence-corrected chi connectivity index (χ3v) is 8.62. The van der Waals surface area contributed by atoms with E-state index in [4.69, 9.17) is 0 Å². The van der Waals surface area contributed by atoms with Gasteiger partial charge in [-0.25, -0.2) is 4.39 Å². The van der Waals surface area contributed by atoms with E-state index in [1.54, 1.807) is 6.07 Å². The van der Waals surface area contributed by atoms with E-state index in [0.717, 1.165) is 57.1 Å². The smallest absolute Gasteiger partial charge is 0.226 e. The van der Waals surface area contributed by atoms with Crippen LogP contribution in [0.1, 0.15) is 61.4 Å². The molecule has 0 bridgehead atoms. The first kappa shape index (κ1) is 21.8. The Morgan fingerprint density at radius 1 is 1.09 bits per heavy atom. The van der Waals surface area contributed by atoms with Crippen molar-refractivity contribution >= 4 is 16.8 Å². The summed E-state index contributed by atoms with van der Waals surface area (Å²) >= 11 is 0. The van der Waals surface area contributed by atoms with Gasteiger partial charge in [0.25, 0.3) is 0 Å². The van der Waals surface area contributed by atoms with Crippen molar-refractivity contribution in [2.45, 2.75) is 56.5 Å². The summed E-state index contributed by atoms with van der Waals surface area (Å²) < 4.78 is 14.1. The van der Waals surface area contributed by atoms with Crippen molar-refractivity contribution in [3.63, 3.8) is 0 Å². The molecule has 6 rings (SSSR count). The van der Waals surface area contributed by atoms with Gasteiger partial charge in [0.2, 0.25) is 5.91 Å². The molecule has 0 radical (unpaired) electrons. The summed E-state index contributed by atoms with van der Waals surface area (Å²) in [5, 5.41) is 1.31.